The highest BCUT2D eigenvalue weighted by molar-refractivity contribution is 5.99. The van der Waals surface area contributed by atoms with E-state index in [9.17, 15) is 9.59 Å². The zero-order valence-corrected chi connectivity index (χ0v) is 12.1. The third kappa shape index (κ3) is 2.85. The first-order valence-corrected chi connectivity index (χ1v) is 7.04. The Bertz CT molecular complexity index is 577. The van der Waals surface area contributed by atoms with Crippen LogP contribution in [0.3, 0.4) is 0 Å². The van der Waals surface area contributed by atoms with Crippen LogP contribution in [0.25, 0.3) is 0 Å². The molecule has 0 aliphatic carbocycles. The molecule has 112 valence electrons. The lowest BCUT2D eigenvalue weighted by Gasteiger charge is -2.35. The molecule has 2 amide bonds. The maximum absolute atomic E-state index is 12.6. The summed E-state index contributed by atoms with van der Waals surface area (Å²) in [5.41, 5.74) is 1.16. The number of carbonyl (C=O) groups is 2. The monoisotopic (exact) mass is 290 g/mol. The summed E-state index contributed by atoms with van der Waals surface area (Å²) in [6.45, 7) is 5.06. The quantitative estimate of drug-likeness (QED) is 0.845. The molecule has 0 bridgehead atoms. The van der Waals surface area contributed by atoms with Gasteiger partial charge in [-0.1, -0.05) is 0 Å². The zero-order chi connectivity index (χ0) is 15.0. The molecule has 2 aliphatic rings. The summed E-state index contributed by atoms with van der Waals surface area (Å²) in [7, 11) is 0. The van der Waals surface area contributed by atoms with Gasteiger partial charge in [0.05, 0.1) is 17.9 Å². The predicted molar refractivity (Wildman–Crippen MR) is 76.5 cm³/mol. The van der Waals surface area contributed by atoms with Crippen LogP contribution in [0.15, 0.2) is 18.2 Å². The van der Waals surface area contributed by atoms with Crippen LogP contribution in [-0.2, 0) is 9.53 Å². The number of nitrogens with zero attached hydrogens (tertiary/aromatic N) is 1. The van der Waals surface area contributed by atoms with Gasteiger partial charge in [-0.15, -0.1) is 0 Å². The first kappa shape index (κ1) is 13.9. The van der Waals surface area contributed by atoms with E-state index in [2.05, 4.69) is 5.32 Å². The molecular formula is C15H18N2O4. The molecule has 2 unspecified atom stereocenters. The molecule has 3 rings (SSSR count). The summed E-state index contributed by atoms with van der Waals surface area (Å²) in [5, 5.41) is 2.71. The molecule has 0 spiro atoms. The number of carbonyl (C=O) groups excluding carboxylic acids is 2. The lowest BCUT2D eigenvalue weighted by molar-refractivity contribution is -0.118. The van der Waals surface area contributed by atoms with E-state index < -0.39 is 0 Å². The van der Waals surface area contributed by atoms with E-state index in [1.54, 1.807) is 23.1 Å². The van der Waals surface area contributed by atoms with Crippen molar-refractivity contribution in [3.05, 3.63) is 23.8 Å². The number of ether oxygens (including phenoxy) is 2. The van der Waals surface area contributed by atoms with E-state index >= 15 is 0 Å². The normalized spacial score (nSPS) is 24.9. The first-order valence-electron chi connectivity index (χ1n) is 7.04. The number of anilines is 1. The zero-order valence-electron chi connectivity index (χ0n) is 12.1. The van der Waals surface area contributed by atoms with Crippen LogP contribution in [-0.4, -0.2) is 48.6 Å². The summed E-state index contributed by atoms with van der Waals surface area (Å²) in [5.74, 6) is 0.313. The minimum Gasteiger partial charge on any atom is -0.482 e. The maximum atomic E-state index is 12.6. The number of morpholine rings is 1. The van der Waals surface area contributed by atoms with Gasteiger partial charge in [-0.3, -0.25) is 9.59 Å². The Morgan fingerprint density at radius 3 is 2.71 bits per heavy atom. The average molecular weight is 290 g/mol. The van der Waals surface area contributed by atoms with Crippen LogP contribution in [0.5, 0.6) is 5.75 Å². The fourth-order valence-corrected chi connectivity index (χ4v) is 2.73. The number of rotatable bonds is 1. The number of nitrogens with one attached hydrogen (secondary N) is 1. The van der Waals surface area contributed by atoms with E-state index in [1.807, 2.05) is 13.8 Å². The van der Waals surface area contributed by atoms with Crippen molar-refractivity contribution in [3.8, 4) is 5.75 Å². The summed E-state index contributed by atoms with van der Waals surface area (Å²) < 4.78 is 11.0. The van der Waals surface area contributed by atoms with Crippen LogP contribution >= 0.6 is 0 Å². The highest BCUT2D eigenvalue weighted by Crippen LogP contribution is 2.29. The molecule has 1 saturated heterocycles. The van der Waals surface area contributed by atoms with Crippen LogP contribution < -0.4 is 10.1 Å². The summed E-state index contributed by atoms with van der Waals surface area (Å²) in [6.07, 6.45) is 0.0664. The standard InChI is InChI=1S/C15H18N2O4/c1-9-6-17(7-10(2)21-9)15(19)11-3-4-12-13(5-11)20-8-14(18)16-12/h3-5,9-10H,6-8H2,1-2H3,(H,16,18). The molecule has 1 aromatic rings. The van der Waals surface area contributed by atoms with Gasteiger partial charge in [0.15, 0.2) is 6.61 Å². The number of benzene rings is 1. The molecule has 2 aliphatic heterocycles. The Labute approximate surface area is 123 Å². The van der Waals surface area contributed by atoms with Gasteiger partial charge in [0.1, 0.15) is 5.75 Å². The Morgan fingerprint density at radius 1 is 1.29 bits per heavy atom. The SMILES string of the molecule is CC1CN(C(=O)c2ccc3c(c2)OCC(=O)N3)CC(C)O1. The second kappa shape index (κ2) is 5.37. The summed E-state index contributed by atoms with van der Waals surface area (Å²) >= 11 is 0. The van der Waals surface area contributed by atoms with Gasteiger partial charge in [-0.2, -0.15) is 0 Å². The third-order valence-corrected chi connectivity index (χ3v) is 3.57. The van der Waals surface area contributed by atoms with E-state index in [4.69, 9.17) is 9.47 Å². The number of hydrogen-bond acceptors (Lipinski definition) is 4. The van der Waals surface area contributed by atoms with Crippen LogP contribution in [0, 0.1) is 0 Å². The van der Waals surface area contributed by atoms with Crippen molar-refractivity contribution in [1.29, 1.82) is 0 Å². The van der Waals surface area contributed by atoms with Gasteiger partial charge in [0.25, 0.3) is 11.8 Å². The summed E-state index contributed by atoms with van der Waals surface area (Å²) in [4.78, 5) is 25.6. The fraction of sp³-hybridized carbons (Fsp3) is 0.467. The van der Waals surface area contributed by atoms with Gasteiger partial charge in [0, 0.05) is 18.7 Å². The van der Waals surface area contributed by atoms with Crippen molar-refractivity contribution in [2.75, 3.05) is 25.0 Å². The van der Waals surface area contributed by atoms with Gasteiger partial charge in [-0.25, -0.2) is 0 Å². The molecule has 0 saturated carbocycles. The summed E-state index contributed by atoms with van der Waals surface area (Å²) in [6, 6.07) is 5.09. The predicted octanol–water partition coefficient (Wildman–Crippen LogP) is 1.27. The smallest absolute Gasteiger partial charge is 0.262 e. The Hall–Kier alpha value is -2.08. The average Bonchev–Trinajstić information content (AvgIpc) is 2.45. The van der Waals surface area contributed by atoms with Crippen molar-refractivity contribution < 1.29 is 19.1 Å². The van der Waals surface area contributed by atoms with Crippen molar-refractivity contribution in [2.24, 2.45) is 0 Å². The lowest BCUT2D eigenvalue weighted by Crippen LogP contribution is -2.48. The minimum atomic E-state index is -0.183. The number of fused-ring (bicyclic) bond motifs is 1. The first-order chi connectivity index (χ1) is 10.0. The van der Waals surface area contributed by atoms with Gasteiger partial charge in [0.2, 0.25) is 0 Å². The molecule has 6 heteroatoms. The van der Waals surface area contributed by atoms with Crippen molar-refractivity contribution in [2.45, 2.75) is 26.1 Å². The van der Waals surface area contributed by atoms with Crippen molar-refractivity contribution in [1.82, 2.24) is 4.90 Å². The Morgan fingerprint density at radius 2 is 2.00 bits per heavy atom. The number of hydrogen-bond donors (Lipinski definition) is 1. The molecule has 21 heavy (non-hydrogen) atoms. The van der Waals surface area contributed by atoms with Crippen molar-refractivity contribution >= 4 is 17.5 Å². The van der Waals surface area contributed by atoms with Gasteiger partial charge >= 0.3 is 0 Å². The van der Waals surface area contributed by atoms with Gasteiger partial charge in [-0.05, 0) is 32.0 Å². The Kier molecular flexibility index (Phi) is 3.55. The highest BCUT2D eigenvalue weighted by atomic mass is 16.5. The molecule has 2 atom stereocenters. The van der Waals surface area contributed by atoms with Crippen LogP contribution in [0.1, 0.15) is 24.2 Å². The van der Waals surface area contributed by atoms with Gasteiger partial charge < -0.3 is 19.7 Å². The maximum Gasteiger partial charge on any atom is 0.262 e. The molecule has 0 aromatic heterocycles. The molecule has 0 radical (unpaired) electrons. The largest absolute Gasteiger partial charge is 0.482 e. The lowest BCUT2D eigenvalue weighted by atomic mass is 10.1. The second-order valence-corrected chi connectivity index (χ2v) is 5.52. The van der Waals surface area contributed by atoms with E-state index in [1.165, 1.54) is 0 Å². The topological polar surface area (TPSA) is 67.9 Å². The molecule has 2 heterocycles. The van der Waals surface area contributed by atoms with E-state index in [-0.39, 0.29) is 30.6 Å². The third-order valence-electron chi connectivity index (χ3n) is 3.57. The van der Waals surface area contributed by atoms with Crippen molar-refractivity contribution in [3.63, 3.8) is 0 Å². The molecule has 1 N–H and O–H groups in total. The molecule has 1 aromatic carbocycles. The Balaban J connectivity index is 1.80. The number of amides is 2. The van der Waals surface area contributed by atoms with Crippen LogP contribution in [0.2, 0.25) is 0 Å². The molecule has 1 fully saturated rings. The molecule has 6 nitrogen and oxygen atoms in total. The molecular weight excluding hydrogens is 272 g/mol. The van der Waals surface area contributed by atoms with E-state index in [0.29, 0.717) is 30.1 Å². The van der Waals surface area contributed by atoms with Crippen LogP contribution in [0.4, 0.5) is 5.69 Å². The minimum absolute atomic E-state index is 0.0176. The fourth-order valence-electron chi connectivity index (χ4n) is 2.73. The highest BCUT2D eigenvalue weighted by Gasteiger charge is 2.27. The second-order valence-electron chi connectivity index (χ2n) is 5.52. The van der Waals surface area contributed by atoms with E-state index in [0.717, 1.165) is 0 Å².